The Morgan fingerprint density at radius 3 is 2.32 bits per heavy atom. The Morgan fingerprint density at radius 2 is 1.74 bits per heavy atom. The van der Waals surface area contributed by atoms with E-state index in [4.69, 9.17) is 4.74 Å². The normalized spacial score (nSPS) is 19.1. The number of sulfonamides is 1. The molecule has 9 nitrogen and oxygen atoms in total. The maximum Gasteiger partial charge on any atom is 0.327 e. The standard InChI is InChI=1S/C26H33F2N3O6S/c1-17-11-12-19(23(28)22(17)27)15-26(6,24(32)37-25(3,4)5)29-13-14-30(18(2)16-29)38(35,36)21-10-8-7-9-20(21)31(33)34/h7-12,18H,13-16H2,1-6H3/t18-,26-/m0/s1. The van der Waals surface area contributed by atoms with Crippen LogP contribution in [0.2, 0.25) is 0 Å². The van der Waals surface area contributed by atoms with Crippen LogP contribution in [0.25, 0.3) is 0 Å². The second-order valence-electron chi connectivity index (χ2n) is 10.8. The smallest absolute Gasteiger partial charge is 0.327 e. The fourth-order valence-corrected chi connectivity index (χ4v) is 6.37. The molecule has 1 fully saturated rings. The molecule has 0 saturated carbocycles. The third-order valence-corrected chi connectivity index (χ3v) is 8.70. The highest BCUT2D eigenvalue weighted by Gasteiger charge is 2.47. The summed E-state index contributed by atoms with van der Waals surface area (Å²) in [5.41, 5.74) is -2.73. The lowest BCUT2D eigenvalue weighted by Crippen LogP contribution is -2.64. The minimum absolute atomic E-state index is 0.0101. The molecule has 0 aromatic heterocycles. The van der Waals surface area contributed by atoms with Crippen LogP contribution in [0.5, 0.6) is 0 Å². The van der Waals surface area contributed by atoms with Crippen molar-refractivity contribution in [3.05, 3.63) is 69.3 Å². The molecular weight excluding hydrogens is 520 g/mol. The van der Waals surface area contributed by atoms with Crippen LogP contribution in [-0.4, -0.2) is 65.3 Å². The van der Waals surface area contributed by atoms with Gasteiger partial charge in [-0.1, -0.05) is 24.3 Å². The van der Waals surface area contributed by atoms with Crippen LogP contribution in [0.3, 0.4) is 0 Å². The molecule has 1 saturated heterocycles. The summed E-state index contributed by atoms with van der Waals surface area (Å²) in [6.07, 6.45) is -0.214. The molecular formula is C26H33F2N3O6S. The molecule has 1 heterocycles. The van der Waals surface area contributed by atoms with E-state index in [2.05, 4.69) is 0 Å². The number of hydrogen-bond acceptors (Lipinski definition) is 7. The molecule has 0 N–H and O–H groups in total. The quantitative estimate of drug-likeness (QED) is 0.287. The minimum atomic E-state index is -4.24. The van der Waals surface area contributed by atoms with Crippen LogP contribution < -0.4 is 0 Å². The van der Waals surface area contributed by atoms with Gasteiger partial charge in [0, 0.05) is 38.2 Å². The lowest BCUT2D eigenvalue weighted by Gasteiger charge is -2.47. The molecule has 0 unspecified atom stereocenters. The number of ether oxygens (including phenoxy) is 1. The Balaban J connectivity index is 1.96. The highest BCUT2D eigenvalue weighted by atomic mass is 32.2. The van der Waals surface area contributed by atoms with Gasteiger partial charge >= 0.3 is 5.97 Å². The van der Waals surface area contributed by atoms with E-state index in [-0.39, 0.29) is 37.2 Å². The Labute approximate surface area is 221 Å². The molecule has 0 bridgehead atoms. The van der Waals surface area contributed by atoms with Crippen molar-refractivity contribution in [2.45, 2.75) is 70.0 Å². The topological polar surface area (TPSA) is 110 Å². The first kappa shape index (κ1) is 29.6. The molecule has 0 amide bonds. The molecule has 0 aliphatic carbocycles. The molecule has 38 heavy (non-hydrogen) atoms. The van der Waals surface area contributed by atoms with Crippen molar-refractivity contribution >= 4 is 21.7 Å². The molecule has 3 rings (SSSR count). The Morgan fingerprint density at radius 1 is 1.11 bits per heavy atom. The molecule has 0 spiro atoms. The maximum absolute atomic E-state index is 14.9. The Hall–Kier alpha value is -2.96. The van der Waals surface area contributed by atoms with Gasteiger partial charge in [-0.2, -0.15) is 4.31 Å². The molecule has 2 atom stereocenters. The number of para-hydroxylation sites is 1. The molecule has 0 radical (unpaired) electrons. The van der Waals surface area contributed by atoms with E-state index < -0.39 is 60.3 Å². The third-order valence-electron chi connectivity index (χ3n) is 6.64. The average Bonchev–Trinajstić information content (AvgIpc) is 2.83. The highest BCUT2D eigenvalue weighted by molar-refractivity contribution is 7.89. The van der Waals surface area contributed by atoms with Crippen LogP contribution in [0.15, 0.2) is 41.3 Å². The number of nitro groups is 1. The van der Waals surface area contributed by atoms with Crippen molar-refractivity contribution < 1.29 is 31.7 Å². The number of aryl methyl sites for hydroxylation is 1. The van der Waals surface area contributed by atoms with Crippen molar-refractivity contribution in [3.63, 3.8) is 0 Å². The first-order valence-electron chi connectivity index (χ1n) is 12.2. The summed E-state index contributed by atoms with van der Waals surface area (Å²) in [7, 11) is -4.24. The Kier molecular flexibility index (Phi) is 8.30. The van der Waals surface area contributed by atoms with Gasteiger partial charge in [0.2, 0.25) is 10.0 Å². The SMILES string of the molecule is Cc1ccc(C[C@@](C)(C(=O)OC(C)(C)C)N2CCN(S(=O)(=O)c3ccccc3[N+](=O)[O-])[C@@H](C)C2)c(F)c1F. The van der Waals surface area contributed by atoms with E-state index in [9.17, 15) is 32.1 Å². The van der Waals surface area contributed by atoms with E-state index in [1.54, 1.807) is 39.5 Å². The minimum Gasteiger partial charge on any atom is -0.459 e. The van der Waals surface area contributed by atoms with Crippen molar-refractivity contribution in [2.24, 2.45) is 0 Å². The van der Waals surface area contributed by atoms with Gasteiger partial charge in [0.1, 0.15) is 11.1 Å². The summed E-state index contributed by atoms with van der Waals surface area (Å²) < 4.78 is 62.9. The van der Waals surface area contributed by atoms with Gasteiger partial charge in [-0.15, -0.1) is 0 Å². The molecule has 208 valence electrons. The molecule has 1 aliphatic heterocycles. The second-order valence-corrected chi connectivity index (χ2v) is 12.6. The van der Waals surface area contributed by atoms with E-state index in [1.807, 2.05) is 0 Å². The fourth-order valence-electron chi connectivity index (χ4n) is 4.59. The van der Waals surface area contributed by atoms with Crippen LogP contribution in [-0.2, 0) is 26.0 Å². The van der Waals surface area contributed by atoms with Gasteiger partial charge in [0.05, 0.1) is 4.92 Å². The van der Waals surface area contributed by atoms with Gasteiger partial charge in [-0.25, -0.2) is 17.2 Å². The summed E-state index contributed by atoms with van der Waals surface area (Å²) in [6, 6.07) is 7.27. The zero-order valence-corrected chi connectivity index (χ0v) is 23.1. The van der Waals surface area contributed by atoms with E-state index in [1.165, 1.54) is 37.3 Å². The number of nitrogens with zero attached hydrogens (tertiary/aromatic N) is 3. The highest BCUT2D eigenvalue weighted by Crippen LogP contribution is 2.33. The van der Waals surface area contributed by atoms with Crippen LogP contribution in [0, 0.1) is 28.7 Å². The van der Waals surface area contributed by atoms with E-state index in [0.717, 1.165) is 10.4 Å². The zero-order chi connectivity index (χ0) is 28.6. The first-order valence-corrected chi connectivity index (χ1v) is 13.6. The van der Waals surface area contributed by atoms with E-state index in [0.29, 0.717) is 0 Å². The second kappa shape index (κ2) is 10.7. The monoisotopic (exact) mass is 553 g/mol. The summed E-state index contributed by atoms with van der Waals surface area (Å²) in [5, 5.41) is 11.5. The van der Waals surface area contributed by atoms with Gasteiger partial charge in [0.25, 0.3) is 5.69 Å². The molecule has 1 aliphatic rings. The van der Waals surface area contributed by atoms with Crippen LogP contribution in [0.1, 0.15) is 45.7 Å². The number of nitro benzene ring substituents is 1. The van der Waals surface area contributed by atoms with Gasteiger partial charge < -0.3 is 4.74 Å². The lowest BCUT2D eigenvalue weighted by atomic mass is 9.88. The van der Waals surface area contributed by atoms with Crippen LogP contribution in [0.4, 0.5) is 14.5 Å². The molecule has 2 aromatic rings. The number of halogens is 2. The zero-order valence-electron chi connectivity index (χ0n) is 22.3. The summed E-state index contributed by atoms with van der Waals surface area (Å²) >= 11 is 0. The Bertz CT molecular complexity index is 1340. The van der Waals surface area contributed by atoms with Gasteiger partial charge in [-0.3, -0.25) is 19.8 Å². The number of esters is 1. The largest absolute Gasteiger partial charge is 0.459 e. The number of benzene rings is 2. The summed E-state index contributed by atoms with van der Waals surface area (Å²) in [5.74, 6) is -2.71. The number of hydrogen-bond donors (Lipinski definition) is 0. The number of piperazine rings is 1. The maximum atomic E-state index is 14.9. The van der Waals surface area contributed by atoms with Crippen molar-refractivity contribution in [3.8, 4) is 0 Å². The van der Waals surface area contributed by atoms with Crippen molar-refractivity contribution in [1.29, 1.82) is 0 Å². The van der Waals surface area contributed by atoms with Gasteiger partial charge in [-0.05, 0) is 58.7 Å². The predicted molar refractivity (Wildman–Crippen MR) is 137 cm³/mol. The van der Waals surface area contributed by atoms with Crippen molar-refractivity contribution in [1.82, 2.24) is 9.21 Å². The molecule has 12 heteroatoms. The first-order chi connectivity index (χ1) is 17.5. The lowest BCUT2D eigenvalue weighted by molar-refractivity contribution is -0.387. The molecule has 2 aromatic carbocycles. The van der Waals surface area contributed by atoms with Crippen LogP contribution >= 0.6 is 0 Å². The van der Waals surface area contributed by atoms with Gasteiger partial charge in [0.15, 0.2) is 16.5 Å². The average molecular weight is 554 g/mol. The fraction of sp³-hybridized carbons (Fsp3) is 0.500. The van der Waals surface area contributed by atoms with Crippen molar-refractivity contribution in [2.75, 3.05) is 19.6 Å². The summed E-state index contributed by atoms with van der Waals surface area (Å²) in [4.78, 5) is 25.5. The third kappa shape index (κ3) is 5.87. The number of carbonyl (C=O) groups excluding carboxylic acids is 1. The summed E-state index contributed by atoms with van der Waals surface area (Å²) in [6.45, 7) is 9.72. The predicted octanol–water partition coefficient (Wildman–Crippen LogP) is 4.22. The number of carbonyl (C=O) groups is 1. The van der Waals surface area contributed by atoms with E-state index >= 15 is 0 Å². The number of rotatable bonds is 7.